The molecule has 1 unspecified atom stereocenters. The molecule has 1 aliphatic carbocycles. The van der Waals surface area contributed by atoms with Crippen molar-refractivity contribution in [2.75, 3.05) is 26.2 Å². The molecule has 0 fully saturated rings. The van der Waals surface area contributed by atoms with Gasteiger partial charge in [0.05, 0.1) is 22.6 Å². The lowest BCUT2D eigenvalue weighted by Gasteiger charge is -2.31. The predicted octanol–water partition coefficient (Wildman–Crippen LogP) is 17.4. The number of nitrogens with zero attached hydrogens (tertiary/aromatic N) is 3. The molecule has 1 atom stereocenters. The third kappa shape index (κ3) is 9.70. The monoisotopic (exact) mass is 1180 g/mol. The lowest BCUT2D eigenvalue weighted by Crippen LogP contribution is -2.41. The molecule has 12 rings (SSSR count). The van der Waals surface area contributed by atoms with Gasteiger partial charge in [0.25, 0.3) is 35.4 Å². The molecule has 5 aromatic carbocycles. The maximum atomic E-state index is 14.4. The second kappa shape index (κ2) is 23.0. The van der Waals surface area contributed by atoms with Crippen LogP contribution in [0.5, 0.6) is 0 Å². The summed E-state index contributed by atoms with van der Waals surface area (Å²) in [5.41, 5.74) is 7.69. The van der Waals surface area contributed by atoms with Gasteiger partial charge in [-0.25, -0.2) is 0 Å². The number of benzene rings is 5. The average Bonchev–Trinajstić information content (AvgIpc) is 0.932. The van der Waals surface area contributed by atoms with Crippen molar-refractivity contribution in [2.45, 2.75) is 170 Å². The van der Waals surface area contributed by atoms with E-state index < -0.39 is 0 Å². The Hall–Kier alpha value is -6.61. The molecule has 14 heteroatoms. The Morgan fingerprint density at radius 1 is 0.500 bits per heavy atom. The number of carbonyl (C=O) groups excluding carboxylic acids is 7. The van der Waals surface area contributed by atoms with Crippen LogP contribution < -0.4 is 0 Å². The molecule has 0 saturated heterocycles. The molecule has 6 amide bonds. The SMILES string of the molecule is CCCCC(C)CCN1C(=O)c2ccc3c4c(C)cc5c6c(ccc(c7c(C)cc(c2c37)C1=O)c64)C(=O)N(CCCCCCCCOC(=O)CCCCCCCCN1C(=O)c2c(C)sc(-c3cc4c(s3)-c3sc(C)cc3C4(C)C)c2C1=O)C5=O. The average molecular weight is 1180 g/mol. The van der Waals surface area contributed by atoms with Crippen molar-refractivity contribution in [1.29, 1.82) is 0 Å². The number of carbonyl (C=O) groups is 7. The minimum absolute atomic E-state index is 0.0905. The van der Waals surface area contributed by atoms with E-state index >= 15 is 0 Å². The van der Waals surface area contributed by atoms with Crippen molar-refractivity contribution in [3.8, 4) is 19.5 Å². The molecule has 0 saturated carbocycles. The minimum atomic E-state index is -0.287. The highest BCUT2D eigenvalue weighted by molar-refractivity contribution is 7.27. The molecular formula is C70H75N3O8S3. The van der Waals surface area contributed by atoms with Crippen LogP contribution in [0.4, 0.5) is 0 Å². The van der Waals surface area contributed by atoms with Crippen molar-refractivity contribution in [3.63, 3.8) is 0 Å². The van der Waals surface area contributed by atoms with Crippen LogP contribution in [0.2, 0.25) is 0 Å². The van der Waals surface area contributed by atoms with E-state index in [0.29, 0.717) is 89.2 Å². The number of ether oxygens (including phenoxy) is 1. The summed E-state index contributed by atoms with van der Waals surface area (Å²) < 4.78 is 5.56. The normalized spacial score (nSPS) is 15.6. The first-order valence-corrected chi connectivity index (χ1v) is 33.2. The van der Waals surface area contributed by atoms with Gasteiger partial charge in [0.2, 0.25) is 0 Å². The van der Waals surface area contributed by atoms with Crippen LogP contribution in [-0.2, 0) is 14.9 Å². The molecule has 436 valence electrons. The maximum absolute atomic E-state index is 14.4. The summed E-state index contributed by atoms with van der Waals surface area (Å²) in [6.07, 6.45) is 14.9. The lowest BCUT2D eigenvalue weighted by molar-refractivity contribution is -0.143. The highest BCUT2D eigenvalue weighted by Gasteiger charge is 2.44. The number of unbranched alkanes of at least 4 members (excludes halogenated alkanes) is 11. The fourth-order valence-electron chi connectivity index (χ4n) is 14.2. The Balaban J connectivity index is 0.563. The molecular weight excluding hydrogens is 1110 g/mol. The summed E-state index contributed by atoms with van der Waals surface area (Å²) >= 11 is 5.15. The second-order valence-electron chi connectivity index (χ2n) is 24.9. The van der Waals surface area contributed by atoms with E-state index in [9.17, 15) is 33.6 Å². The van der Waals surface area contributed by atoms with Gasteiger partial charge in [-0.3, -0.25) is 48.3 Å². The largest absolute Gasteiger partial charge is 0.466 e. The fourth-order valence-corrected chi connectivity index (χ4v) is 18.1. The van der Waals surface area contributed by atoms with E-state index in [1.165, 1.54) is 40.5 Å². The molecule has 3 aliphatic heterocycles. The third-order valence-corrected chi connectivity index (χ3v) is 22.3. The highest BCUT2D eigenvalue weighted by atomic mass is 32.1. The van der Waals surface area contributed by atoms with Gasteiger partial charge in [0, 0.05) is 88.9 Å². The molecule has 6 heterocycles. The van der Waals surface area contributed by atoms with E-state index in [1.807, 2.05) is 68.5 Å². The Bertz CT molecular complexity index is 4060. The van der Waals surface area contributed by atoms with E-state index in [1.54, 1.807) is 22.7 Å². The first-order chi connectivity index (χ1) is 40.4. The third-order valence-electron chi connectivity index (χ3n) is 18.7. The Labute approximate surface area is 504 Å². The maximum Gasteiger partial charge on any atom is 0.305 e. The zero-order chi connectivity index (χ0) is 59.0. The summed E-state index contributed by atoms with van der Waals surface area (Å²) in [4.78, 5) is 108. The van der Waals surface area contributed by atoms with Crippen molar-refractivity contribution in [2.24, 2.45) is 5.92 Å². The van der Waals surface area contributed by atoms with E-state index in [0.717, 1.165) is 154 Å². The molecule has 3 aromatic heterocycles. The number of hydrogen-bond donors (Lipinski definition) is 0. The van der Waals surface area contributed by atoms with Crippen molar-refractivity contribution < 1.29 is 38.3 Å². The first-order valence-electron chi connectivity index (χ1n) is 30.8. The summed E-state index contributed by atoms with van der Waals surface area (Å²) in [6, 6.07) is 16.1. The van der Waals surface area contributed by atoms with Gasteiger partial charge in [-0.2, -0.15) is 0 Å². The molecule has 11 nitrogen and oxygen atoms in total. The number of imide groups is 3. The van der Waals surface area contributed by atoms with Crippen molar-refractivity contribution in [3.05, 3.63) is 114 Å². The van der Waals surface area contributed by atoms with Crippen LogP contribution in [0.3, 0.4) is 0 Å². The fraction of sp³-hybridized carbons (Fsp3) is 0.443. The second-order valence-corrected chi connectivity index (χ2v) is 28.4. The Morgan fingerprint density at radius 3 is 1.60 bits per heavy atom. The standard InChI is InChI=1S/C70H75N3O8S3/c1-9-10-23-38(2)29-32-73-65(76)46-28-26-44-53-39(3)34-47-56-45(27-25-43(58(53)56)54-40(4)35-48(67(73)78)57(46)59(44)54)64(75)71(66(47)77)30-20-17-13-14-18-22-33-81-52(74)24-19-15-11-12-16-21-31-72-68(79)55-42(6)83-63(60(55)69(72)80)51-37-50-62(84-51)61-49(70(50,7)8)36-41(5)82-61/h25-28,34-38H,9-24,29-33H2,1-8H3. The molecule has 0 bridgehead atoms. The smallest absolute Gasteiger partial charge is 0.305 e. The quantitative estimate of drug-likeness (QED) is 0.0181. The van der Waals surface area contributed by atoms with Crippen LogP contribution >= 0.6 is 34.0 Å². The Kier molecular flexibility index (Phi) is 15.8. The van der Waals surface area contributed by atoms with Gasteiger partial charge in [0.1, 0.15) is 0 Å². The van der Waals surface area contributed by atoms with Crippen LogP contribution in [-0.4, -0.2) is 82.4 Å². The van der Waals surface area contributed by atoms with Gasteiger partial charge in [0.15, 0.2) is 0 Å². The van der Waals surface area contributed by atoms with Crippen molar-refractivity contribution >= 4 is 119 Å². The number of esters is 1. The van der Waals surface area contributed by atoms with Crippen molar-refractivity contribution in [1.82, 2.24) is 14.7 Å². The van der Waals surface area contributed by atoms with Gasteiger partial charge in [-0.1, -0.05) is 110 Å². The molecule has 84 heavy (non-hydrogen) atoms. The van der Waals surface area contributed by atoms with Gasteiger partial charge >= 0.3 is 5.97 Å². The number of hydrogen-bond acceptors (Lipinski definition) is 11. The number of fused-ring (bicyclic) bond motifs is 6. The molecule has 4 aliphatic rings. The van der Waals surface area contributed by atoms with Crippen LogP contribution in [0, 0.1) is 33.6 Å². The highest BCUT2D eigenvalue weighted by Crippen LogP contribution is 2.58. The lowest BCUT2D eigenvalue weighted by atomic mass is 9.79. The van der Waals surface area contributed by atoms with Gasteiger partial charge < -0.3 is 4.74 Å². The first kappa shape index (κ1) is 57.8. The molecule has 0 spiro atoms. The van der Waals surface area contributed by atoms with Crippen LogP contribution in [0.1, 0.15) is 231 Å². The summed E-state index contributed by atoms with van der Waals surface area (Å²) in [5.74, 6) is -1.17. The molecule has 0 N–H and O–H groups in total. The number of thiophene rings is 3. The Morgan fingerprint density at radius 2 is 1.00 bits per heavy atom. The van der Waals surface area contributed by atoms with E-state index in [-0.39, 0.29) is 46.8 Å². The topological polar surface area (TPSA) is 138 Å². The summed E-state index contributed by atoms with van der Waals surface area (Å²) in [7, 11) is 0. The minimum Gasteiger partial charge on any atom is -0.466 e. The zero-order valence-electron chi connectivity index (χ0n) is 49.9. The van der Waals surface area contributed by atoms with E-state index in [4.69, 9.17) is 4.74 Å². The van der Waals surface area contributed by atoms with E-state index in [2.05, 4.69) is 46.8 Å². The van der Waals surface area contributed by atoms with Gasteiger partial charge in [-0.05, 0) is 157 Å². The van der Waals surface area contributed by atoms with Crippen LogP contribution in [0.25, 0.3) is 62.6 Å². The zero-order valence-corrected chi connectivity index (χ0v) is 52.3. The molecule has 8 aromatic rings. The predicted molar refractivity (Wildman–Crippen MR) is 340 cm³/mol. The molecule has 0 radical (unpaired) electrons. The number of amides is 6. The van der Waals surface area contributed by atoms with Gasteiger partial charge in [-0.15, -0.1) is 34.0 Å². The summed E-state index contributed by atoms with van der Waals surface area (Å²) in [6.45, 7) is 18.6. The number of aryl methyl sites for hydroxylation is 4. The summed E-state index contributed by atoms with van der Waals surface area (Å²) in [5, 5.41) is 6.80. The van der Waals surface area contributed by atoms with Crippen LogP contribution in [0.15, 0.2) is 48.5 Å². The number of rotatable bonds is 25.